The lowest BCUT2D eigenvalue weighted by molar-refractivity contribution is 0.838. The van der Waals surface area contributed by atoms with Crippen LogP contribution in [-0.4, -0.2) is 14.5 Å². The average molecular weight is 284 g/mol. The van der Waals surface area contributed by atoms with Crippen molar-refractivity contribution < 1.29 is 0 Å². The summed E-state index contributed by atoms with van der Waals surface area (Å²) in [6.45, 7) is 4.09. The van der Waals surface area contributed by atoms with E-state index in [2.05, 4.69) is 33.6 Å². The summed E-state index contributed by atoms with van der Waals surface area (Å²) in [6, 6.07) is 10.3. The van der Waals surface area contributed by atoms with Crippen molar-refractivity contribution in [1.82, 2.24) is 14.5 Å². The molecule has 0 atom stereocenters. The normalized spacial score (nSPS) is 11.2. The van der Waals surface area contributed by atoms with Crippen LogP contribution < -0.4 is 5.73 Å². The maximum atomic E-state index is 5.76. The van der Waals surface area contributed by atoms with Gasteiger partial charge in [-0.2, -0.15) is 4.98 Å². The number of aromatic nitrogens is 3. The quantitative estimate of drug-likeness (QED) is 0.784. The van der Waals surface area contributed by atoms with Gasteiger partial charge in [-0.1, -0.05) is 30.0 Å². The number of fused-ring (bicyclic) bond motifs is 1. The van der Waals surface area contributed by atoms with Crippen LogP contribution in [-0.2, 0) is 7.05 Å². The van der Waals surface area contributed by atoms with Crippen LogP contribution in [0.25, 0.3) is 11.0 Å². The Labute approximate surface area is 122 Å². The maximum Gasteiger partial charge on any atom is 0.222 e. The van der Waals surface area contributed by atoms with Gasteiger partial charge in [-0.15, -0.1) is 0 Å². The van der Waals surface area contributed by atoms with E-state index in [-0.39, 0.29) is 0 Å². The van der Waals surface area contributed by atoms with E-state index in [4.69, 9.17) is 5.73 Å². The molecule has 2 N–H and O–H groups in total. The highest BCUT2D eigenvalue weighted by molar-refractivity contribution is 7.99. The van der Waals surface area contributed by atoms with E-state index in [0.717, 1.165) is 16.7 Å². The van der Waals surface area contributed by atoms with Crippen molar-refractivity contribution in [1.29, 1.82) is 0 Å². The Morgan fingerprint density at radius 3 is 2.50 bits per heavy atom. The molecule has 2 aromatic heterocycles. The van der Waals surface area contributed by atoms with Gasteiger partial charge in [0.15, 0.2) is 0 Å². The summed E-state index contributed by atoms with van der Waals surface area (Å²) in [5.74, 6) is 0.326. The third kappa shape index (κ3) is 2.04. The zero-order valence-corrected chi connectivity index (χ0v) is 12.5. The highest BCUT2D eigenvalue weighted by atomic mass is 32.2. The first-order valence-corrected chi connectivity index (χ1v) is 7.21. The first-order valence-electron chi connectivity index (χ1n) is 6.40. The van der Waals surface area contributed by atoms with Gasteiger partial charge in [0.2, 0.25) is 5.95 Å². The molecular weight excluding hydrogens is 268 g/mol. The van der Waals surface area contributed by atoms with Crippen molar-refractivity contribution in [2.75, 3.05) is 5.73 Å². The third-order valence-corrected chi connectivity index (χ3v) is 4.65. The Morgan fingerprint density at radius 1 is 1.10 bits per heavy atom. The number of anilines is 1. The minimum Gasteiger partial charge on any atom is -0.368 e. The fourth-order valence-corrected chi connectivity index (χ4v) is 3.46. The van der Waals surface area contributed by atoms with Crippen LogP contribution >= 0.6 is 11.8 Å². The van der Waals surface area contributed by atoms with Crippen LogP contribution in [0.2, 0.25) is 0 Å². The number of benzene rings is 1. The first-order chi connectivity index (χ1) is 9.58. The molecule has 0 unspecified atom stereocenters. The Hall–Kier alpha value is -2.01. The zero-order chi connectivity index (χ0) is 14.3. The molecule has 0 fully saturated rings. The van der Waals surface area contributed by atoms with E-state index in [1.54, 1.807) is 11.8 Å². The molecule has 0 saturated heterocycles. The zero-order valence-electron chi connectivity index (χ0n) is 11.7. The van der Waals surface area contributed by atoms with Gasteiger partial charge in [0.1, 0.15) is 5.65 Å². The molecule has 102 valence electrons. The van der Waals surface area contributed by atoms with E-state index >= 15 is 0 Å². The van der Waals surface area contributed by atoms with E-state index in [9.17, 15) is 0 Å². The van der Waals surface area contributed by atoms with Gasteiger partial charge in [0.05, 0.1) is 10.7 Å². The van der Waals surface area contributed by atoms with Crippen LogP contribution in [0.1, 0.15) is 11.3 Å². The van der Waals surface area contributed by atoms with E-state index in [1.807, 2.05) is 32.2 Å². The predicted molar refractivity (Wildman–Crippen MR) is 83.0 cm³/mol. The molecule has 1 aromatic carbocycles. The minimum atomic E-state index is 0.326. The lowest BCUT2D eigenvalue weighted by Gasteiger charge is -2.04. The number of rotatable bonds is 2. The Balaban J connectivity index is 2.19. The van der Waals surface area contributed by atoms with E-state index < -0.39 is 0 Å². The molecule has 0 aliphatic carbocycles. The van der Waals surface area contributed by atoms with Crippen LogP contribution in [0.15, 0.2) is 40.3 Å². The van der Waals surface area contributed by atoms with Crippen LogP contribution in [0.3, 0.4) is 0 Å². The van der Waals surface area contributed by atoms with Gasteiger partial charge in [-0.05, 0) is 31.5 Å². The maximum absolute atomic E-state index is 5.76. The second-order valence-electron chi connectivity index (χ2n) is 4.77. The molecule has 5 heteroatoms. The van der Waals surface area contributed by atoms with Gasteiger partial charge in [0, 0.05) is 17.3 Å². The molecule has 0 amide bonds. The standard InChI is InChI=1S/C15H16N4S/c1-9-12-10(2)17-15(16)18-13(12)19(3)14(9)20-11-7-5-4-6-8-11/h4-8H,1-3H3,(H2,16,17,18). The fourth-order valence-electron chi connectivity index (χ4n) is 2.46. The molecule has 4 nitrogen and oxygen atoms in total. The SMILES string of the molecule is Cc1nc(N)nc2c1c(C)c(Sc1ccccc1)n2C. The monoisotopic (exact) mass is 284 g/mol. The number of nitrogens with two attached hydrogens (primary N) is 1. The largest absolute Gasteiger partial charge is 0.368 e. The second-order valence-corrected chi connectivity index (χ2v) is 5.83. The van der Waals surface area contributed by atoms with Gasteiger partial charge in [-0.3, -0.25) is 0 Å². The van der Waals surface area contributed by atoms with Crippen LogP contribution in [0, 0.1) is 13.8 Å². The Morgan fingerprint density at radius 2 is 1.80 bits per heavy atom. The number of hydrogen-bond donors (Lipinski definition) is 1. The minimum absolute atomic E-state index is 0.326. The molecule has 2 heterocycles. The number of aryl methyl sites for hydroxylation is 3. The summed E-state index contributed by atoms with van der Waals surface area (Å²) in [7, 11) is 2.02. The molecule has 0 saturated carbocycles. The molecule has 3 aromatic rings. The van der Waals surface area contributed by atoms with Crippen molar-refractivity contribution in [2.24, 2.45) is 7.05 Å². The second kappa shape index (κ2) is 4.83. The van der Waals surface area contributed by atoms with Gasteiger partial charge in [-0.25, -0.2) is 4.98 Å². The molecule has 20 heavy (non-hydrogen) atoms. The van der Waals surface area contributed by atoms with Crippen LogP contribution in [0.5, 0.6) is 0 Å². The van der Waals surface area contributed by atoms with Crippen molar-refractivity contribution in [2.45, 2.75) is 23.8 Å². The summed E-state index contributed by atoms with van der Waals surface area (Å²) in [5.41, 5.74) is 8.79. The molecule has 0 radical (unpaired) electrons. The molecular formula is C15H16N4S. The van der Waals surface area contributed by atoms with Crippen molar-refractivity contribution in [3.05, 3.63) is 41.6 Å². The third-order valence-electron chi connectivity index (χ3n) is 3.36. The molecule has 0 aliphatic heterocycles. The van der Waals surface area contributed by atoms with Gasteiger partial charge in [0.25, 0.3) is 0 Å². The number of hydrogen-bond acceptors (Lipinski definition) is 4. The van der Waals surface area contributed by atoms with Crippen molar-refractivity contribution >= 4 is 28.7 Å². The number of nitrogen functional groups attached to an aromatic ring is 1. The summed E-state index contributed by atoms with van der Waals surface area (Å²) < 4.78 is 2.09. The molecule has 0 bridgehead atoms. The molecule has 3 rings (SSSR count). The summed E-state index contributed by atoms with van der Waals surface area (Å²) in [5, 5.41) is 2.27. The lowest BCUT2D eigenvalue weighted by atomic mass is 10.2. The topological polar surface area (TPSA) is 56.7 Å². The summed E-state index contributed by atoms with van der Waals surface area (Å²) in [4.78, 5) is 9.85. The molecule has 0 spiro atoms. The van der Waals surface area contributed by atoms with Crippen molar-refractivity contribution in [3.8, 4) is 0 Å². The van der Waals surface area contributed by atoms with Crippen molar-refractivity contribution in [3.63, 3.8) is 0 Å². The van der Waals surface area contributed by atoms with Gasteiger partial charge < -0.3 is 10.3 Å². The Bertz CT molecular complexity index is 778. The van der Waals surface area contributed by atoms with Gasteiger partial charge >= 0.3 is 0 Å². The van der Waals surface area contributed by atoms with E-state index in [0.29, 0.717) is 5.95 Å². The lowest BCUT2D eigenvalue weighted by Crippen LogP contribution is -1.99. The smallest absolute Gasteiger partial charge is 0.222 e. The summed E-state index contributed by atoms with van der Waals surface area (Å²) in [6.07, 6.45) is 0. The summed E-state index contributed by atoms with van der Waals surface area (Å²) >= 11 is 1.74. The highest BCUT2D eigenvalue weighted by Gasteiger charge is 2.17. The molecule has 0 aliphatic rings. The average Bonchev–Trinajstić information content (AvgIpc) is 2.65. The fraction of sp³-hybridized carbons (Fsp3) is 0.200. The highest BCUT2D eigenvalue weighted by Crippen LogP contribution is 2.36. The first kappa shape index (κ1) is 13.0. The Kier molecular flexibility index (Phi) is 3.14. The van der Waals surface area contributed by atoms with Crippen LogP contribution in [0.4, 0.5) is 5.95 Å². The predicted octanol–water partition coefficient (Wildman–Crippen LogP) is 3.32. The van der Waals surface area contributed by atoms with E-state index in [1.165, 1.54) is 15.5 Å². The number of nitrogens with zero attached hydrogens (tertiary/aromatic N) is 3.